The Hall–Kier alpha value is -2.15. The van der Waals surface area contributed by atoms with Crippen molar-refractivity contribution in [2.45, 2.75) is 19.4 Å². The highest BCUT2D eigenvalue weighted by molar-refractivity contribution is 6.03. The van der Waals surface area contributed by atoms with Gasteiger partial charge in [-0.3, -0.25) is 4.68 Å². The number of aryl methyl sites for hydroxylation is 1. The molecule has 1 aliphatic heterocycles. The molecule has 1 aliphatic rings. The van der Waals surface area contributed by atoms with E-state index >= 15 is 0 Å². The van der Waals surface area contributed by atoms with E-state index in [1.165, 1.54) is 6.20 Å². The Kier molecular flexibility index (Phi) is 3.50. The summed E-state index contributed by atoms with van der Waals surface area (Å²) >= 11 is 0. The maximum atomic E-state index is 11.6. The van der Waals surface area contributed by atoms with Gasteiger partial charge in [0.2, 0.25) is 0 Å². The number of carboxylic acids is 1. The Morgan fingerprint density at radius 1 is 1.48 bits per heavy atom. The molecule has 7 nitrogen and oxygen atoms in total. The minimum atomic E-state index is -0.971. The first-order valence-corrected chi connectivity index (χ1v) is 6.98. The Balaban J connectivity index is 2.17. The summed E-state index contributed by atoms with van der Waals surface area (Å²) in [5, 5.41) is 14.4. The van der Waals surface area contributed by atoms with Crippen molar-refractivity contribution in [3.05, 3.63) is 18.0 Å². The van der Waals surface area contributed by atoms with Crippen LogP contribution in [0.4, 0.5) is 5.69 Å². The Bertz CT molecular complexity index is 682. The second kappa shape index (κ2) is 5.33. The molecular formula is C14H18N4O3. The molecule has 21 heavy (non-hydrogen) atoms. The number of carboxylic acid groups (broad SMARTS) is 1. The van der Waals surface area contributed by atoms with E-state index in [9.17, 15) is 9.90 Å². The third-order valence-corrected chi connectivity index (χ3v) is 3.73. The third kappa shape index (κ3) is 2.44. The highest BCUT2D eigenvalue weighted by Gasteiger charge is 2.24. The van der Waals surface area contributed by atoms with Crippen LogP contribution < -0.4 is 4.90 Å². The predicted molar refractivity (Wildman–Crippen MR) is 77.7 cm³/mol. The van der Waals surface area contributed by atoms with E-state index in [0.717, 1.165) is 18.4 Å². The molecule has 0 aromatic carbocycles. The first kappa shape index (κ1) is 13.8. The van der Waals surface area contributed by atoms with E-state index in [-0.39, 0.29) is 11.7 Å². The van der Waals surface area contributed by atoms with Gasteiger partial charge in [-0.15, -0.1) is 0 Å². The number of nitrogens with zero attached hydrogens (tertiary/aromatic N) is 4. The van der Waals surface area contributed by atoms with Gasteiger partial charge in [-0.25, -0.2) is 9.78 Å². The van der Waals surface area contributed by atoms with Crippen LogP contribution in [0.5, 0.6) is 0 Å². The summed E-state index contributed by atoms with van der Waals surface area (Å²) in [6.45, 7) is 4.12. The van der Waals surface area contributed by atoms with Crippen LogP contribution in [0, 0.1) is 0 Å². The molecule has 1 N–H and O–H groups in total. The monoisotopic (exact) mass is 290 g/mol. The second-order valence-electron chi connectivity index (χ2n) is 5.31. The minimum absolute atomic E-state index is 0.0639. The van der Waals surface area contributed by atoms with Crippen LogP contribution in [0.2, 0.25) is 0 Å². The molecule has 0 amide bonds. The Morgan fingerprint density at radius 2 is 2.29 bits per heavy atom. The van der Waals surface area contributed by atoms with Crippen molar-refractivity contribution in [1.82, 2.24) is 14.8 Å². The van der Waals surface area contributed by atoms with Crippen molar-refractivity contribution >= 4 is 22.7 Å². The largest absolute Gasteiger partial charge is 0.478 e. The lowest BCUT2D eigenvalue weighted by Gasteiger charge is -2.26. The van der Waals surface area contributed by atoms with Gasteiger partial charge in [0.15, 0.2) is 5.65 Å². The smallest absolute Gasteiger partial charge is 0.339 e. The van der Waals surface area contributed by atoms with E-state index in [0.29, 0.717) is 24.5 Å². The van der Waals surface area contributed by atoms with Crippen molar-refractivity contribution in [2.24, 2.45) is 7.05 Å². The Labute approximate surface area is 122 Å². The van der Waals surface area contributed by atoms with Crippen LogP contribution in [0.25, 0.3) is 11.0 Å². The molecule has 112 valence electrons. The molecular weight excluding hydrogens is 272 g/mol. The van der Waals surface area contributed by atoms with Crippen molar-refractivity contribution in [2.75, 3.05) is 24.6 Å². The maximum absolute atomic E-state index is 11.6. The van der Waals surface area contributed by atoms with Crippen molar-refractivity contribution in [3.63, 3.8) is 0 Å². The van der Waals surface area contributed by atoms with E-state index in [1.54, 1.807) is 17.9 Å². The summed E-state index contributed by atoms with van der Waals surface area (Å²) in [4.78, 5) is 17.9. The zero-order chi connectivity index (χ0) is 15.0. The SMILES string of the molecule is CC1CN(c2c(C(=O)O)cnc3c2cnn3C)CCCO1. The number of pyridine rings is 1. The van der Waals surface area contributed by atoms with Gasteiger partial charge in [-0.2, -0.15) is 5.10 Å². The lowest BCUT2D eigenvalue weighted by Crippen LogP contribution is -2.31. The van der Waals surface area contributed by atoms with E-state index in [1.807, 2.05) is 6.92 Å². The van der Waals surface area contributed by atoms with Crippen LogP contribution >= 0.6 is 0 Å². The molecule has 1 unspecified atom stereocenters. The number of carbonyl (C=O) groups is 1. The number of hydrogen-bond acceptors (Lipinski definition) is 5. The molecule has 0 saturated carbocycles. The van der Waals surface area contributed by atoms with Gasteiger partial charge in [0.05, 0.1) is 23.4 Å². The molecule has 0 spiro atoms. The second-order valence-corrected chi connectivity index (χ2v) is 5.31. The zero-order valence-corrected chi connectivity index (χ0v) is 12.1. The van der Waals surface area contributed by atoms with Crippen LogP contribution in [-0.4, -0.2) is 51.6 Å². The van der Waals surface area contributed by atoms with Gasteiger partial charge in [-0.1, -0.05) is 0 Å². The fraction of sp³-hybridized carbons (Fsp3) is 0.500. The number of fused-ring (bicyclic) bond motifs is 1. The first-order valence-electron chi connectivity index (χ1n) is 6.98. The van der Waals surface area contributed by atoms with Crippen LogP contribution in [-0.2, 0) is 11.8 Å². The van der Waals surface area contributed by atoms with Crippen LogP contribution in [0.15, 0.2) is 12.4 Å². The van der Waals surface area contributed by atoms with Crippen molar-refractivity contribution in [1.29, 1.82) is 0 Å². The van der Waals surface area contributed by atoms with Gasteiger partial charge in [0, 0.05) is 32.9 Å². The van der Waals surface area contributed by atoms with E-state index < -0.39 is 5.97 Å². The molecule has 1 fully saturated rings. The number of ether oxygens (including phenoxy) is 1. The molecule has 1 saturated heterocycles. The third-order valence-electron chi connectivity index (χ3n) is 3.73. The zero-order valence-electron chi connectivity index (χ0n) is 12.1. The fourth-order valence-electron chi connectivity index (χ4n) is 2.78. The molecule has 3 rings (SSSR count). The highest BCUT2D eigenvalue weighted by atomic mass is 16.5. The van der Waals surface area contributed by atoms with E-state index in [2.05, 4.69) is 15.0 Å². The standard InChI is InChI=1S/C14H18N4O3/c1-9-8-18(4-3-5-21-9)12-10-7-16-17(2)13(10)15-6-11(12)14(19)20/h6-7,9H,3-5,8H2,1-2H3,(H,19,20). The van der Waals surface area contributed by atoms with Crippen molar-refractivity contribution in [3.8, 4) is 0 Å². The Morgan fingerprint density at radius 3 is 3.05 bits per heavy atom. The summed E-state index contributed by atoms with van der Waals surface area (Å²) in [7, 11) is 1.80. The van der Waals surface area contributed by atoms with Crippen LogP contribution in [0.1, 0.15) is 23.7 Å². The summed E-state index contributed by atoms with van der Waals surface area (Å²) in [6, 6.07) is 0. The number of anilines is 1. The number of rotatable bonds is 2. The first-order chi connectivity index (χ1) is 10.1. The maximum Gasteiger partial charge on any atom is 0.339 e. The summed E-state index contributed by atoms with van der Waals surface area (Å²) in [5.41, 5.74) is 1.59. The average Bonchev–Trinajstić information content (AvgIpc) is 2.69. The van der Waals surface area contributed by atoms with Crippen molar-refractivity contribution < 1.29 is 14.6 Å². The molecule has 1 atom stereocenters. The molecule has 3 heterocycles. The number of aromatic nitrogens is 3. The van der Waals surface area contributed by atoms with E-state index in [4.69, 9.17) is 4.74 Å². The fourth-order valence-corrected chi connectivity index (χ4v) is 2.78. The summed E-state index contributed by atoms with van der Waals surface area (Å²) in [6.07, 6.45) is 4.03. The molecule has 2 aromatic heterocycles. The molecule has 0 radical (unpaired) electrons. The summed E-state index contributed by atoms with van der Waals surface area (Å²) < 4.78 is 7.30. The van der Waals surface area contributed by atoms with Gasteiger partial charge < -0.3 is 14.7 Å². The topological polar surface area (TPSA) is 80.5 Å². The minimum Gasteiger partial charge on any atom is -0.478 e. The normalized spacial score (nSPS) is 19.7. The predicted octanol–water partition coefficient (Wildman–Crippen LogP) is 1.28. The lowest BCUT2D eigenvalue weighted by atomic mass is 10.1. The summed E-state index contributed by atoms with van der Waals surface area (Å²) in [5.74, 6) is -0.971. The lowest BCUT2D eigenvalue weighted by molar-refractivity contribution is 0.0696. The number of hydrogen-bond donors (Lipinski definition) is 1. The van der Waals surface area contributed by atoms with Gasteiger partial charge >= 0.3 is 5.97 Å². The molecule has 0 aliphatic carbocycles. The van der Waals surface area contributed by atoms with Gasteiger partial charge in [0.25, 0.3) is 0 Å². The van der Waals surface area contributed by atoms with Crippen LogP contribution in [0.3, 0.4) is 0 Å². The van der Waals surface area contributed by atoms with Gasteiger partial charge in [0.1, 0.15) is 5.56 Å². The molecule has 0 bridgehead atoms. The average molecular weight is 290 g/mol. The quantitative estimate of drug-likeness (QED) is 0.897. The highest BCUT2D eigenvalue weighted by Crippen LogP contribution is 2.30. The molecule has 2 aromatic rings. The van der Waals surface area contributed by atoms with Gasteiger partial charge in [-0.05, 0) is 13.3 Å². The molecule has 7 heteroatoms. The number of aromatic carboxylic acids is 1.